The Morgan fingerprint density at radius 2 is 2.00 bits per heavy atom. The van der Waals surface area contributed by atoms with Gasteiger partial charge in [-0.25, -0.2) is 19.2 Å². The van der Waals surface area contributed by atoms with Crippen molar-refractivity contribution in [2.24, 2.45) is 0 Å². The molecule has 164 valence electrons. The van der Waals surface area contributed by atoms with E-state index in [1.54, 1.807) is 11.5 Å². The van der Waals surface area contributed by atoms with Crippen molar-refractivity contribution in [1.29, 1.82) is 0 Å². The Hall–Kier alpha value is -2.88. The molecule has 3 heterocycles. The van der Waals surface area contributed by atoms with E-state index in [1.165, 1.54) is 18.3 Å². The Kier molecular flexibility index (Phi) is 6.26. The average molecular weight is 429 g/mol. The van der Waals surface area contributed by atoms with Gasteiger partial charge in [0.1, 0.15) is 17.3 Å². The topological polar surface area (TPSA) is 82.4 Å². The van der Waals surface area contributed by atoms with Crippen LogP contribution in [0.15, 0.2) is 36.7 Å². The summed E-state index contributed by atoms with van der Waals surface area (Å²) in [4.78, 5) is 18.3. The van der Waals surface area contributed by atoms with E-state index in [9.17, 15) is 13.6 Å². The summed E-state index contributed by atoms with van der Waals surface area (Å²) < 4.78 is 29.3. The van der Waals surface area contributed by atoms with E-state index in [1.807, 2.05) is 10.8 Å². The number of hydroxylamine groups is 1. The molecule has 0 aliphatic carbocycles. The summed E-state index contributed by atoms with van der Waals surface area (Å²) in [6.45, 7) is 2.85. The lowest BCUT2D eigenvalue weighted by Gasteiger charge is -2.29. The van der Waals surface area contributed by atoms with Gasteiger partial charge in [0.15, 0.2) is 0 Å². The number of pyridine rings is 1. The second-order valence-corrected chi connectivity index (χ2v) is 8.00. The zero-order valence-corrected chi connectivity index (χ0v) is 17.2. The maximum absolute atomic E-state index is 14.2. The van der Waals surface area contributed by atoms with E-state index in [0.29, 0.717) is 18.2 Å². The third kappa shape index (κ3) is 4.73. The first-order valence-corrected chi connectivity index (χ1v) is 10.2. The van der Waals surface area contributed by atoms with Crippen molar-refractivity contribution in [1.82, 2.24) is 25.2 Å². The van der Waals surface area contributed by atoms with Crippen LogP contribution in [0.3, 0.4) is 0 Å². The highest BCUT2D eigenvalue weighted by atomic mass is 19.1. The highest BCUT2D eigenvalue weighted by molar-refractivity contribution is 5.96. The Labute approximate surface area is 178 Å². The molecule has 1 aliphatic heterocycles. The minimum atomic E-state index is -0.701. The normalized spacial score (nSPS) is 15.5. The summed E-state index contributed by atoms with van der Waals surface area (Å²) in [5.74, 6) is -1.94. The molecule has 9 heteroatoms. The molecule has 1 aromatic carbocycles. The Morgan fingerprint density at radius 3 is 2.71 bits per heavy atom. The fraction of sp³-hybridized carbons (Fsp3) is 0.364. The molecule has 0 atom stereocenters. The van der Waals surface area contributed by atoms with Gasteiger partial charge in [0, 0.05) is 35.8 Å². The van der Waals surface area contributed by atoms with Crippen LogP contribution in [0.25, 0.3) is 10.9 Å². The van der Waals surface area contributed by atoms with Crippen LogP contribution in [-0.4, -0.2) is 51.7 Å². The second-order valence-electron chi connectivity index (χ2n) is 8.00. The number of nitrogens with one attached hydrogen (secondary N) is 2. The van der Waals surface area contributed by atoms with Crippen LogP contribution in [0.1, 0.15) is 34.5 Å². The first kappa shape index (κ1) is 21.4. The number of benzene rings is 1. The van der Waals surface area contributed by atoms with Crippen molar-refractivity contribution in [2.75, 3.05) is 20.1 Å². The van der Waals surface area contributed by atoms with E-state index >= 15 is 0 Å². The molecule has 1 fully saturated rings. The molecule has 1 amide bonds. The number of amides is 1. The van der Waals surface area contributed by atoms with Crippen molar-refractivity contribution in [2.45, 2.75) is 32.0 Å². The van der Waals surface area contributed by atoms with E-state index in [2.05, 4.69) is 22.2 Å². The summed E-state index contributed by atoms with van der Waals surface area (Å²) in [7, 11) is 2.11. The number of piperidine rings is 1. The first-order valence-electron chi connectivity index (χ1n) is 10.2. The molecule has 4 rings (SSSR count). The van der Waals surface area contributed by atoms with Gasteiger partial charge in [-0.2, -0.15) is 0 Å². The molecule has 0 unspecified atom stereocenters. The van der Waals surface area contributed by atoms with Crippen LogP contribution >= 0.6 is 0 Å². The van der Waals surface area contributed by atoms with E-state index in [4.69, 9.17) is 5.21 Å². The quantitative estimate of drug-likeness (QED) is 0.415. The Morgan fingerprint density at radius 1 is 1.23 bits per heavy atom. The highest BCUT2D eigenvalue weighted by Crippen LogP contribution is 2.24. The Bertz CT molecular complexity index is 1090. The molecule has 1 saturated heterocycles. The molecule has 31 heavy (non-hydrogen) atoms. The highest BCUT2D eigenvalue weighted by Gasteiger charge is 2.18. The zero-order valence-electron chi connectivity index (χ0n) is 17.2. The van der Waals surface area contributed by atoms with Gasteiger partial charge in [0.2, 0.25) is 0 Å². The van der Waals surface area contributed by atoms with E-state index < -0.39 is 17.5 Å². The fourth-order valence-corrected chi connectivity index (χ4v) is 4.01. The average Bonchev–Trinajstić information content (AvgIpc) is 3.11. The third-order valence-electron chi connectivity index (χ3n) is 5.84. The number of rotatable bonds is 6. The van der Waals surface area contributed by atoms with Gasteiger partial charge in [-0.05, 0) is 50.7 Å². The van der Waals surface area contributed by atoms with Gasteiger partial charge < -0.3 is 14.8 Å². The number of likely N-dealkylation sites (tertiary alicyclic amines) is 1. The fourth-order valence-electron chi connectivity index (χ4n) is 4.01. The van der Waals surface area contributed by atoms with Crippen LogP contribution in [0.5, 0.6) is 0 Å². The maximum atomic E-state index is 14.2. The van der Waals surface area contributed by atoms with Crippen LogP contribution < -0.4 is 10.8 Å². The molecule has 7 nitrogen and oxygen atoms in total. The Balaban J connectivity index is 1.65. The lowest BCUT2D eigenvalue weighted by atomic mass is 10.1. The number of carbonyl (C=O) groups is 1. The number of nitrogens with zero attached hydrogens (tertiary/aromatic N) is 3. The zero-order chi connectivity index (χ0) is 22.0. The summed E-state index contributed by atoms with van der Waals surface area (Å²) in [6, 6.07) is 5.53. The molecule has 0 radical (unpaired) electrons. The molecule has 3 N–H and O–H groups in total. The molecular weight excluding hydrogens is 404 g/mol. The predicted octanol–water partition coefficient (Wildman–Crippen LogP) is 2.67. The first-order chi connectivity index (χ1) is 14.9. The molecular formula is C22H25F2N5O2. The third-order valence-corrected chi connectivity index (χ3v) is 5.84. The summed E-state index contributed by atoms with van der Waals surface area (Å²) >= 11 is 0. The maximum Gasteiger partial charge on any atom is 0.293 e. The monoisotopic (exact) mass is 429 g/mol. The number of hydrogen-bond acceptors (Lipinski definition) is 5. The number of carbonyl (C=O) groups excluding carboxylic acids is 1. The van der Waals surface area contributed by atoms with Crippen LogP contribution in [0.4, 0.5) is 8.78 Å². The van der Waals surface area contributed by atoms with Crippen molar-refractivity contribution < 1.29 is 18.8 Å². The second kappa shape index (κ2) is 9.09. The van der Waals surface area contributed by atoms with Crippen molar-refractivity contribution >= 4 is 16.8 Å². The van der Waals surface area contributed by atoms with Gasteiger partial charge in [0.25, 0.3) is 5.91 Å². The number of hydrogen-bond donors (Lipinski definition) is 3. The summed E-state index contributed by atoms with van der Waals surface area (Å²) in [6.07, 6.45) is 5.53. The molecule has 0 spiro atoms. The van der Waals surface area contributed by atoms with E-state index in [-0.39, 0.29) is 12.2 Å². The number of aromatic nitrogens is 2. The van der Waals surface area contributed by atoms with Gasteiger partial charge in [-0.1, -0.05) is 6.07 Å². The van der Waals surface area contributed by atoms with E-state index in [0.717, 1.165) is 48.5 Å². The van der Waals surface area contributed by atoms with Crippen LogP contribution in [0, 0.1) is 11.6 Å². The van der Waals surface area contributed by atoms with Crippen molar-refractivity contribution in [3.05, 3.63) is 65.1 Å². The molecule has 0 bridgehead atoms. The molecule has 1 aliphatic rings. The van der Waals surface area contributed by atoms with Gasteiger partial charge in [0.05, 0.1) is 18.3 Å². The molecule has 0 saturated carbocycles. The largest absolute Gasteiger partial charge is 0.341 e. The minimum Gasteiger partial charge on any atom is -0.341 e. The number of fused-ring (bicyclic) bond motifs is 1. The minimum absolute atomic E-state index is 0.0845. The summed E-state index contributed by atoms with van der Waals surface area (Å²) in [5, 5.41) is 13.3. The van der Waals surface area contributed by atoms with Crippen LogP contribution in [-0.2, 0) is 13.1 Å². The standard InChI is InChI=1S/C22H25F2N5O2/c1-28-6-4-17(5-7-28)25-10-15-13-29(12-14-2-3-16(23)8-19(14)24)21-11-26-20(9-18(15)21)22(30)27-31/h2-3,8-9,11,13,17,25,31H,4-7,10,12H2,1H3,(H,27,30). The lowest BCUT2D eigenvalue weighted by Crippen LogP contribution is -2.40. The van der Waals surface area contributed by atoms with Gasteiger partial charge >= 0.3 is 0 Å². The van der Waals surface area contributed by atoms with Gasteiger partial charge in [-0.15, -0.1) is 0 Å². The van der Waals surface area contributed by atoms with Crippen molar-refractivity contribution in [3.63, 3.8) is 0 Å². The molecule has 3 aromatic rings. The molecule has 2 aromatic heterocycles. The lowest BCUT2D eigenvalue weighted by molar-refractivity contribution is 0.0701. The van der Waals surface area contributed by atoms with Crippen LogP contribution in [0.2, 0.25) is 0 Å². The van der Waals surface area contributed by atoms with Crippen molar-refractivity contribution in [3.8, 4) is 0 Å². The SMILES string of the molecule is CN1CCC(NCc2cn(Cc3ccc(F)cc3F)c3cnc(C(=O)NO)cc23)CC1. The van der Waals surface area contributed by atoms with Gasteiger partial charge in [-0.3, -0.25) is 10.0 Å². The summed E-state index contributed by atoms with van der Waals surface area (Å²) in [5.41, 5.74) is 3.69. The predicted molar refractivity (Wildman–Crippen MR) is 112 cm³/mol. The number of halogens is 2. The smallest absolute Gasteiger partial charge is 0.293 e.